The van der Waals surface area contributed by atoms with E-state index in [4.69, 9.17) is 20.6 Å². The average molecular weight is 586 g/mol. The van der Waals surface area contributed by atoms with E-state index in [0.29, 0.717) is 17.9 Å². The molecule has 1 aliphatic carbocycles. The van der Waals surface area contributed by atoms with Crippen LogP contribution in [0.3, 0.4) is 0 Å². The Labute approximate surface area is 249 Å². The molecule has 0 amide bonds. The first-order chi connectivity index (χ1) is 20.7. The molecule has 0 bridgehead atoms. The van der Waals surface area contributed by atoms with Gasteiger partial charge in [0.05, 0.1) is 22.5 Å². The summed E-state index contributed by atoms with van der Waals surface area (Å²) in [4.78, 5) is 23.9. The lowest BCUT2D eigenvalue weighted by Crippen LogP contribution is -2.51. The first-order valence-electron chi connectivity index (χ1n) is 15.1. The Morgan fingerprint density at radius 2 is 1.88 bits per heavy atom. The fourth-order valence-corrected chi connectivity index (χ4v) is 7.49. The van der Waals surface area contributed by atoms with Crippen LogP contribution in [0.25, 0.3) is 33.3 Å². The van der Waals surface area contributed by atoms with Crippen molar-refractivity contribution in [3.05, 3.63) is 52.7 Å². The second kappa shape index (κ2) is 12.1. The van der Waals surface area contributed by atoms with Crippen LogP contribution in [0.5, 0.6) is 0 Å². The van der Waals surface area contributed by atoms with E-state index in [-0.39, 0.29) is 0 Å². The molecule has 5 heterocycles. The third-order valence-corrected chi connectivity index (χ3v) is 9.88. The number of H-pyrrole nitrogens is 1. The molecule has 7 rings (SSSR count). The van der Waals surface area contributed by atoms with Gasteiger partial charge in [0.2, 0.25) is 0 Å². The maximum atomic E-state index is 6.46. The average Bonchev–Trinajstić information content (AvgIpc) is 3.77. The number of nitrogens with two attached hydrogens (primary N) is 1. The van der Waals surface area contributed by atoms with Gasteiger partial charge in [0.15, 0.2) is 5.65 Å². The van der Waals surface area contributed by atoms with E-state index in [2.05, 4.69) is 65.1 Å². The summed E-state index contributed by atoms with van der Waals surface area (Å²) in [6, 6.07) is 11.4. The number of rotatable bonds is 9. The number of nitrogens with one attached hydrogen (secondary N) is 1. The monoisotopic (exact) mass is 585 g/mol. The van der Waals surface area contributed by atoms with Crippen molar-refractivity contribution < 1.29 is 4.74 Å². The molecule has 1 saturated carbocycles. The summed E-state index contributed by atoms with van der Waals surface area (Å²) in [6.07, 6.45) is 8.01. The van der Waals surface area contributed by atoms with Gasteiger partial charge in [-0.05, 0) is 55.7 Å². The number of ether oxygens (including phenoxy) is 1. The summed E-state index contributed by atoms with van der Waals surface area (Å²) < 4.78 is 7.36. The zero-order chi connectivity index (χ0) is 28.5. The minimum atomic E-state index is 0.301. The number of benzene rings is 1. The van der Waals surface area contributed by atoms with Crippen LogP contribution in [0.4, 0.5) is 5.82 Å². The normalized spacial score (nSPS) is 20.6. The molecular weight excluding hydrogens is 546 g/mol. The van der Waals surface area contributed by atoms with Crippen molar-refractivity contribution in [1.29, 1.82) is 0 Å². The van der Waals surface area contributed by atoms with Crippen molar-refractivity contribution in [1.82, 2.24) is 39.5 Å². The zero-order valence-electron chi connectivity index (χ0n) is 24.2. The smallest absolute Gasteiger partial charge is 0.164 e. The van der Waals surface area contributed by atoms with Crippen LogP contribution in [-0.4, -0.2) is 92.0 Å². The van der Waals surface area contributed by atoms with Gasteiger partial charge in [-0.2, -0.15) is 5.10 Å². The Bertz CT molecular complexity index is 1630. The minimum Gasteiger partial charge on any atom is -0.385 e. The molecule has 1 saturated heterocycles. The topological polar surface area (TPSA) is 114 Å². The molecule has 2 aliphatic rings. The van der Waals surface area contributed by atoms with E-state index in [1.165, 1.54) is 17.7 Å². The van der Waals surface area contributed by atoms with Crippen LogP contribution in [0.1, 0.15) is 48.8 Å². The lowest BCUT2D eigenvalue weighted by atomic mass is 9.90. The Kier molecular flexibility index (Phi) is 7.90. The van der Waals surface area contributed by atoms with Gasteiger partial charge in [-0.25, -0.2) is 19.6 Å². The van der Waals surface area contributed by atoms with Crippen molar-refractivity contribution in [3.8, 4) is 11.3 Å². The molecule has 0 atom stereocenters. The molecular formula is C31H39N9OS. The van der Waals surface area contributed by atoms with Crippen LogP contribution in [-0.2, 0) is 11.2 Å². The fraction of sp³-hybridized carbons (Fsp3) is 0.484. The van der Waals surface area contributed by atoms with E-state index in [9.17, 15) is 0 Å². The number of nitrogen functional groups attached to an aromatic ring is 1. The summed E-state index contributed by atoms with van der Waals surface area (Å²) in [5, 5.41) is 8.11. The fourth-order valence-electron chi connectivity index (χ4n) is 6.78. The molecule has 2 fully saturated rings. The van der Waals surface area contributed by atoms with E-state index in [1.54, 1.807) is 24.8 Å². The van der Waals surface area contributed by atoms with Gasteiger partial charge >= 0.3 is 0 Å². The number of hydrogen-bond donors (Lipinski definition) is 2. The highest BCUT2D eigenvalue weighted by Gasteiger charge is 2.31. The second-order valence-corrected chi connectivity index (χ2v) is 12.6. The number of fused-ring (bicyclic) bond motifs is 2. The van der Waals surface area contributed by atoms with Crippen LogP contribution in [0, 0.1) is 0 Å². The van der Waals surface area contributed by atoms with Crippen molar-refractivity contribution in [2.45, 2.75) is 50.6 Å². The molecule has 0 spiro atoms. The third-order valence-electron chi connectivity index (χ3n) is 9.00. The minimum absolute atomic E-state index is 0.301. The third kappa shape index (κ3) is 5.54. The number of hydrogen-bond acceptors (Lipinski definition) is 9. The Balaban J connectivity index is 1.08. The van der Waals surface area contributed by atoms with E-state index in [1.807, 2.05) is 0 Å². The highest BCUT2D eigenvalue weighted by atomic mass is 32.1. The Morgan fingerprint density at radius 3 is 2.67 bits per heavy atom. The number of aromatic amines is 1. The number of piperazine rings is 1. The highest BCUT2D eigenvalue weighted by molar-refractivity contribution is 7.09. The largest absolute Gasteiger partial charge is 0.385 e. The van der Waals surface area contributed by atoms with Crippen LogP contribution in [0.15, 0.2) is 42.0 Å². The van der Waals surface area contributed by atoms with Crippen molar-refractivity contribution in [3.63, 3.8) is 0 Å². The number of imidazole rings is 1. The Hall–Kier alpha value is -3.38. The summed E-state index contributed by atoms with van der Waals surface area (Å²) in [5.74, 6) is 1.44. The molecule has 1 aliphatic heterocycles. The maximum absolute atomic E-state index is 6.46. The molecule has 5 aromatic rings. The summed E-state index contributed by atoms with van der Waals surface area (Å²) in [6.45, 7) is 6.61. The van der Waals surface area contributed by atoms with Crippen molar-refractivity contribution in [2.75, 3.05) is 52.2 Å². The molecule has 0 radical (unpaired) electrons. The molecule has 220 valence electrons. The molecule has 0 unspecified atom stereocenters. The summed E-state index contributed by atoms with van der Waals surface area (Å²) in [5.41, 5.74) is 11.1. The quantitative estimate of drug-likeness (QED) is 0.239. The van der Waals surface area contributed by atoms with Gasteiger partial charge in [-0.3, -0.25) is 4.90 Å². The molecule has 1 aromatic carbocycles. The lowest BCUT2D eigenvalue weighted by molar-refractivity contribution is 0.0662. The predicted molar refractivity (Wildman–Crippen MR) is 168 cm³/mol. The van der Waals surface area contributed by atoms with Crippen molar-refractivity contribution >= 4 is 39.2 Å². The van der Waals surface area contributed by atoms with Crippen LogP contribution >= 0.6 is 11.3 Å². The van der Waals surface area contributed by atoms with Gasteiger partial charge < -0.3 is 20.4 Å². The first-order valence-corrected chi connectivity index (χ1v) is 16.0. The molecule has 10 nitrogen and oxygen atoms in total. The standard InChI is InChI=1S/C31H39N9OS/c1-41-16-3-11-38-12-14-39(15-13-38)22-6-8-23(9-7-22)40-31-28(30(32)33-20-34-31)29(37-40)21-5-10-25-26(18-21)36-27(35-25)19-24-4-2-17-42-24/h2,4-5,10,17-18,20,22-23H,3,6-9,11-16,19H2,1H3,(H,35,36)(H2,32,33,34)/t22-,23-. The van der Waals surface area contributed by atoms with E-state index < -0.39 is 0 Å². The van der Waals surface area contributed by atoms with Gasteiger partial charge in [-0.1, -0.05) is 12.1 Å². The summed E-state index contributed by atoms with van der Waals surface area (Å²) in [7, 11) is 1.78. The zero-order valence-corrected chi connectivity index (χ0v) is 25.0. The number of nitrogens with zero attached hydrogens (tertiary/aromatic N) is 7. The SMILES string of the molecule is COCCCN1CCN([C@H]2CC[C@H](n3nc(-c4ccc5nc(Cc6cccs6)[nH]c5c4)c4c(N)ncnc43)CC2)CC1. The van der Waals surface area contributed by atoms with Gasteiger partial charge in [0.1, 0.15) is 23.7 Å². The van der Waals surface area contributed by atoms with Gasteiger partial charge in [-0.15, -0.1) is 11.3 Å². The molecule has 11 heteroatoms. The lowest BCUT2D eigenvalue weighted by Gasteiger charge is -2.42. The van der Waals surface area contributed by atoms with Gasteiger partial charge in [0, 0.05) is 69.3 Å². The number of aromatic nitrogens is 6. The Morgan fingerprint density at radius 1 is 1.05 bits per heavy atom. The second-order valence-electron chi connectivity index (χ2n) is 11.6. The number of thiophene rings is 1. The first kappa shape index (κ1) is 27.5. The van der Waals surface area contributed by atoms with E-state index >= 15 is 0 Å². The predicted octanol–water partition coefficient (Wildman–Crippen LogP) is 4.74. The number of anilines is 1. The summed E-state index contributed by atoms with van der Waals surface area (Å²) >= 11 is 1.75. The van der Waals surface area contributed by atoms with Crippen LogP contribution in [0.2, 0.25) is 0 Å². The van der Waals surface area contributed by atoms with E-state index in [0.717, 1.165) is 104 Å². The maximum Gasteiger partial charge on any atom is 0.164 e. The van der Waals surface area contributed by atoms with Gasteiger partial charge in [0.25, 0.3) is 0 Å². The molecule has 42 heavy (non-hydrogen) atoms. The molecule has 3 N–H and O–H groups in total. The van der Waals surface area contributed by atoms with Crippen LogP contribution < -0.4 is 5.73 Å². The number of methoxy groups -OCH3 is 1. The highest BCUT2D eigenvalue weighted by Crippen LogP contribution is 2.37. The molecule has 4 aromatic heterocycles. The van der Waals surface area contributed by atoms with Crippen molar-refractivity contribution in [2.24, 2.45) is 0 Å².